The third-order valence-corrected chi connectivity index (χ3v) is 3.81. The summed E-state index contributed by atoms with van der Waals surface area (Å²) in [6, 6.07) is 6.64. The van der Waals surface area contributed by atoms with Gasteiger partial charge in [-0.2, -0.15) is 0 Å². The lowest BCUT2D eigenvalue weighted by atomic mass is 9.87. The van der Waals surface area contributed by atoms with E-state index in [9.17, 15) is 14.0 Å². The van der Waals surface area contributed by atoms with Crippen LogP contribution >= 0.6 is 0 Å². The number of halogens is 1. The van der Waals surface area contributed by atoms with Crippen molar-refractivity contribution in [3.8, 4) is 0 Å². The van der Waals surface area contributed by atoms with Crippen LogP contribution in [-0.2, 0) is 9.59 Å². The van der Waals surface area contributed by atoms with E-state index in [1.54, 1.807) is 32.0 Å². The minimum absolute atomic E-state index is 0.0149. The second-order valence-corrected chi connectivity index (χ2v) is 6.32. The predicted molar refractivity (Wildman–Crippen MR) is 91.5 cm³/mol. The number of benzene rings is 1. The van der Waals surface area contributed by atoms with E-state index in [1.165, 1.54) is 12.1 Å². The van der Waals surface area contributed by atoms with Crippen molar-refractivity contribution in [1.29, 1.82) is 0 Å². The first-order valence-corrected chi connectivity index (χ1v) is 8.08. The van der Waals surface area contributed by atoms with Crippen LogP contribution in [0.1, 0.15) is 38.0 Å². The van der Waals surface area contributed by atoms with E-state index in [4.69, 9.17) is 4.52 Å². The Labute approximate surface area is 145 Å². The fourth-order valence-corrected chi connectivity index (χ4v) is 2.54. The number of aromatic nitrogens is 1. The Morgan fingerprint density at radius 3 is 2.28 bits per heavy atom. The standard InChI is InChI=1S/C18H22FN3O3/c1-10(2)16(13-5-7-14(19)8-6-13)18(24)20-12(4)17(23)21-15-9-11(3)25-22-15/h5-10,12,16H,1-4H3,(H,20,24)(H,21,22,23)/t12-,16?/m1/s1. The first-order chi connectivity index (χ1) is 11.8. The zero-order valence-corrected chi connectivity index (χ0v) is 14.7. The molecule has 1 aromatic carbocycles. The molecule has 0 bridgehead atoms. The molecule has 2 amide bonds. The highest BCUT2D eigenvalue weighted by atomic mass is 19.1. The first kappa shape index (κ1) is 18.6. The van der Waals surface area contributed by atoms with Gasteiger partial charge in [0.15, 0.2) is 5.82 Å². The summed E-state index contributed by atoms with van der Waals surface area (Å²) in [5.74, 6) is -0.680. The normalized spacial score (nSPS) is 13.4. The summed E-state index contributed by atoms with van der Waals surface area (Å²) in [7, 11) is 0. The number of rotatable bonds is 6. The maximum Gasteiger partial charge on any atom is 0.247 e. The molecule has 0 radical (unpaired) electrons. The zero-order valence-electron chi connectivity index (χ0n) is 14.7. The van der Waals surface area contributed by atoms with Crippen LogP contribution in [0, 0.1) is 18.7 Å². The Bertz CT molecular complexity index is 740. The maximum atomic E-state index is 13.1. The van der Waals surface area contributed by atoms with Crippen LogP contribution in [-0.4, -0.2) is 23.0 Å². The maximum absolute atomic E-state index is 13.1. The van der Waals surface area contributed by atoms with Gasteiger partial charge in [0.05, 0.1) is 5.92 Å². The van der Waals surface area contributed by atoms with E-state index in [2.05, 4.69) is 15.8 Å². The average Bonchev–Trinajstić information content (AvgIpc) is 2.94. The molecule has 7 heteroatoms. The third-order valence-electron chi connectivity index (χ3n) is 3.81. The molecular formula is C18H22FN3O3. The van der Waals surface area contributed by atoms with E-state index < -0.39 is 17.9 Å². The fourth-order valence-electron chi connectivity index (χ4n) is 2.54. The minimum Gasteiger partial charge on any atom is -0.360 e. The predicted octanol–water partition coefficient (Wildman–Crippen LogP) is 3.01. The van der Waals surface area contributed by atoms with Gasteiger partial charge in [-0.25, -0.2) is 4.39 Å². The van der Waals surface area contributed by atoms with E-state index in [1.807, 2.05) is 13.8 Å². The molecule has 1 heterocycles. The van der Waals surface area contributed by atoms with Crippen molar-refractivity contribution >= 4 is 17.6 Å². The van der Waals surface area contributed by atoms with Gasteiger partial charge in [0.1, 0.15) is 17.6 Å². The molecule has 134 valence electrons. The minimum atomic E-state index is -0.758. The average molecular weight is 347 g/mol. The topological polar surface area (TPSA) is 84.2 Å². The van der Waals surface area contributed by atoms with E-state index in [0.29, 0.717) is 17.1 Å². The summed E-state index contributed by atoms with van der Waals surface area (Å²) in [4.78, 5) is 24.8. The van der Waals surface area contributed by atoms with Crippen LogP contribution in [0.2, 0.25) is 0 Å². The van der Waals surface area contributed by atoms with Gasteiger partial charge in [-0.05, 0) is 37.5 Å². The fraction of sp³-hybridized carbons (Fsp3) is 0.389. The Kier molecular flexibility index (Phi) is 5.90. The van der Waals surface area contributed by atoms with Crippen molar-refractivity contribution in [2.45, 2.75) is 39.7 Å². The third kappa shape index (κ3) is 4.89. The Hall–Kier alpha value is -2.70. The van der Waals surface area contributed by atoms with Crippen molar-refractivity contribution < 1.29 is 18.5 Å². The molecule has 6 nitrogen and oxygen atoms in total. The Morgan fingerprint density at radius 2 is 1.76 bits per heavy atom. The summed E-state index contributed by atoms with van der Waals surface area (Å²) in [5.41, 5.74) is 0.702. The summed E-state index contributed by atoms with van der Waals surface area (Å²) >= 11 is 0. The van der Waals surface area contributed by atoms with E-state index >= 15 is 0 Å². The van der Waals surface area contributed by atoms with Crippen molar-refractivity contribution in [2.24, 2.45) is 5.92 Å². The molecule has 0 spiro atoms. The van der Waals surface area contributed by atoms with Gasteiger partial charge in [0, 0.05) is 6.07 Å². The van der Waals surface area contributed by atoms with Gasteiger partial charge in [0.2, 0.25) is 11.8 Å². The smallest absolute Gasteiger partial charge is 0.247 e. The van der Waals surface area contributed by atoms with Gasteiger partial charge in [-0.15, -0.1) is 0 Å². The van der Waals surface area contributed by atoms with Crippen molar-refractivity contribution in [1.82, 2.24) is 10.5 Å². The molecule has 2 rings (SSSR count). The van der Waals surface area contributed by atoms with Gasteiger partial charge < -0.3 is 15.2 Å². The summed E-state index contributed by atoms with van der Waals surface area (Å²) in [5, 5.41) is 8.95. The number of hydrogen-bond acceptors (Lipinski definition) is 4. The zero-order chi connectivity index (χ0) is 18.6. The molecule has 2 aromatic rings. The number of carbonyl (C=O) groups is 2. The number of amides is 2. The quantitative estimate of drug-likeness (QED) is 0.841. The molecule has 0 aliphatic heterocycles. The number of hydrogen-bond donors (Lipinski definition) is 2. The molecule has 2 atom stereocenters. The second-order valence-electron chi connectivity index (χ2n) is 6.32. The monoisotopic (exact) mass is 347 g/mol. The van der Waals surface area contributed by atoms with E-state index in [0.717, 1.165) is 0 Å². The SMILES string of the molecule is Cc1cc(NC(=O)[C@@H](C)NC(=O)C(c2ccc(F)cc2)C(C)C)no1. The van der Waals surface area contributed by atoms with Gasteiger partial charge in [-0.3, -0.25) is 9.59 Å². The van der Waals surface area contributed by atoms with Crippen LogP contribution in [0.25, 0.3) is 0 Å². The molecule has 1 aromatic heterocycles. The molecule has 0 fully saturated rings. The molecule has 25 heavy (non-hydrogen) atoms. The Morgan fingerprint density at radius 1 is 1.12 bits per heavy atom. The van der Waals surface area contributed by atoms with Crippen LogP contribution in [0.15, 0.2) is 34.9 Å². The van der Waals surface area contributed by atoms with Gasteiger partial charge in [0.25, 0.3) is 0 Å². The molecule has 0 aliphatic carbocycles. The number of carbonyl (C=O) groups excluding carboxylic acids is 2. The largest absolute Gasteiger partial charge is 0.360 e. The molecule has 0 saturated heterocycles. The summed E-state index contributed by atoms with van der Waals surface area (Å²) in [6.45, 7) is 7.10. The van der Waals surface area contributed by atoms with Crippen LogP contribution in [0.4, 0.5) is 10.2 Å². The lowest BCUT2D eigenvalue weighted by molar-refractivity contribution is -0.127. The summed E-state index contributed by atoms with van der Waals surface area (Å²) < 4.78 is 18.0. The molecular weight excluding hydrogens is 325 g/mol. The lowest BCUT2D eigenvalue weighted by Gasteiger charge is -2.23. The van der Waals surface area contributed by atoms with Gasteiger partial charge in [-0.1, -0.05) is 31.1 Å². The molecule has 2 N–H and O–H groups in total. The molecule has 0 aliphatic rings. The van der Waals surface area contributed by atoms with Crippen LogP contribution < -0.4 is 10.6 Å². The lowest BCUT2D eigenvalue weighted by Crippen LogP contribution is -2.44. The van der Waals surface area contributed by atoms with E-state index in [-0.39, 0.29) is 17.6 Å². The second kappa shape index (κ2) is 7.92. The number of nitrogens with one attached hydrogen (secondary N) is 2. The number of anilines is 1. The number of nitrogens with zero attached hydrogens (tertiary/aromatic N) is 1. The highest BCUT2D eigenvalue weighted by molar-refractivity contribution is 5.97. The highest BCUT2D eigenvalue weighted by Gasteiger charge is 2.27. The van der Waals surface area contributed by atoms with Gasteiger partial charge >= 0.3 is 0 Å². The first-order valence-electron chi connectivity index (χ1n) is 8.08. The van der Waals surface area contributed by atoms with Crippen molar-refractivity contribution in [3.63, 3.8) is 0 Å². The van der Waals surface area contributed by atoms with Crippen molar-refractivity contribution in [3.05, 3.63) is 47.5 Å². The van der Waals surface area contributed by atoms with Crippen LogP contribution in [0.5, 0.6) is 0 Å². The number of aryl methyl sites for hydroxylation is 1. The Balaban J connectivity index is 2.04. The summed E-state index contributed by atoms with van der Waals surface area (Å²) in [6.07, 6.45) is 0. The molecule has 0 saturated carbocycles. The van der Waals surface area contributed by atoms with Crippen molar-refractivity contribution in [2.75, 3.05) is 5.32 Å². The highest BCUT2D eigenvalue weighted by Crippen LogP contribution is 2.25. The molecule has 1 unspecified atom stereocenters. The van der Waals surface area contributed by atoms with Crippen LogP contribution in [0.3, 0.4) is 0 Å².